The molecule has 8 heteroatoms. The molecule has 1 aliphatic rings. The second kappa shape index (κ2) is 9.53. The highest BCUT2D eigenvalue weighted by atomic mass is 35.5. The van der Waals surface area contributed by atoms with Crippen LogP contribution >= 0.6 is 24.0 Å². The molecule has 3 atom stereocenters. The maximum atomic E-state index is 13.7. The molecule has 5 nitrogen and oxygen atoms in total. The van der Waals surface area contributed by atoms with Crippen LogP contribution in [-0.2, 0) is 9.53 Å². The van der Waals surface area contributed by atoms with Crippen LogP contribution < -0.4 is 11.1 Å². The summed E-state index contributed by atoms with van der Waals surface area (Å²) in [4.78, 5) is 14.1. The van der Waals surface area contributed by atoms with Crippen molar-refractivity contribution in [3.63, 3.8) is 0 Å². The van der Waals surface area contributed by atoms with E-state index in [4.69, 9.17) is 22.1 Å². The Morgan fingerprint density at radius 2 is 2.29 bits per heavy atom. The van der Waals surface area contributed by atoms with Crippen LogP contribution in [0.4, 0.5) is 4.39 Å². The zero-order valence-electron chi connectivity index (χ0n) is 13.8. The summed E-state index contributed by atoms with van der Waals surface area (Å²) in [6.07, 6.45) is 0.922. The number of amides is 1. The number of benzene rings is 1. The lowest BCUT2D eigenvalue weighted by Crippen LogP contribution is -2.45. The normalized spacial score (nSPS) is 22.0. The van der Waals surface area contributed by atoms with E-state index in [2.05, 4.69) is 10.2 Å². The molecule has 3 N–H and O–H groups in total. The van der Waals surface area contributed by atoms with E-state index in [1.54, 1.807) is 6.07 Å². The van der Waals surface area contributed by atoms with Crippen molar-refractivity contribution in [1.82, 2.24) is 10.2 Å². The van der Waals surface area contributed by atoms with Crippen LogP contribution in [0.1, 0.15) is 18.0 Å². The van der Waals surface area contributed by atoms with E-state index >= 15 is 0 Å². The fourth-order valence-electron chi connectivity index (χ4n) is 3.08. The summed E-state index contributed by atoms with van der Waals surface area (Å²) < 4.78 is 18.6. The van der Waals surface area contributed by atoms with Gasteiger partial charge in [-0.15, -0.1) is 12.4 Å². The quantitative estimate of drug-likeness (QED) is 0.792. The van der Waals surface area contributed by atoms with E-state index in [0.717, 1.165) is 18.5 Å². The second-order valence-corrected chi connectivity index (χ2v) is 6.36. The predicted molar refractivity (Wildman–Crippen MR) is 95.0 cm³/mol. The zero-order valence-corrected chi connectivity index (χ0v) is 15.4. The van der Waals surface area contributed by atoms with Gasteiger partial charge in [-0.25, -0.2) is 4.39 Å². The Morgan fingerprint density at radius 1 is 1.58 bits per heavy atom. The number of rotatable bonds is 6. The van der Waals surface area contributed by atoms with Gasteiger partial charge in [0.15, 0.2) is 0 Å². The molecule has 136 valence electrons. The first-order valence-corrected chi connectivity index (χ1v) is 7.99. The maximum Gasteiger partial charge on any atom is 0.239 e. The Labute approximate surface area is 153 Å². The largest absolute Gasteiger partial charge is 0.383 e. The van der Waals surface area contributed by atoms with Gasteiger partial charge in [0.05, 0.1) is 11.6 Å². The van der Waals surface area contributed by atoms with E-state index in [-0.39, 0.29) is 41.9 Å². The third kappa shape index (κ3) is 5.04. The van der Waals surface area contributed by atoms with Crippen molar-refractivity contribution in [2.24, 2.45) is 11.7 Å². The SMILES string of the molecule is COCC(N)C(=O)NCC1CCN(C)C1c1ccc(Cl)c(F)c1.Cl. The van der Waals surface area contributed by atoms with Gasteiger partial charge in [-0.3, -0.25) is 9.69 Å². The molecule has 2 rings (SSSR count). The molecule has 24 heavy (non-hydrogen) atoms. The van der Waals surface area contributed by atoms with Crippen LogP contribution in [0.15, 0.2) is 18.2 Å². The van der Waals surface area contributed by atoms with Crippen LogP contribution in [0, 0.1) is 11.7 Å². The molecule has 0 saturated carbocycles. The predicted octanol–water partition coefficient (Wildman–Crippen LogP) is 1.98. The Bertz CT molecular complexity index is 562. The summed E-state index contributed by atoms with van der Waals surface area (Å²) in [7, 11) is 3.50. The fraction of sp³-hybridized carbons (Fsp3) is 0.562. The Balaban J connectivity index is 0.00000288. The average Bonchev–Trinajstić information content (AvgIpc) is 2.89. The lowest BCUT2D eigenvalue weighted by molar-refractivity contribution is -0.123. The first-order valence-electron chi connectivity index (χ1n) is 7.61. The molecule has 1 aromatic rings. The Hall–Kier alpha value is -0.920. The molecule has 0 aromatic heterocycles. The third-order valence-corrected chi connectivity index (χ3v) is 4.59. The highest BCUT2D eigenvalue weighted by Crippen LogP contribution is 2.36. The average molecular weight is 380 g/mol. The first-order chi connectivity index (χ1) is 10.9. The number of hydrogen-bond donors (Lipinski definition) is 2. The van der Waals surface area contributed by atoms with Gasteiger partial charge in [-0.05, 0) is 43.6 Å². The second-order valence-electron chi connectivity index (χ2n) is 5.95. The van der Waals surface area contributed by atoms with Crippen LogP contribution in [0.2, 0.25) is 5.02 Å². The van der Waals surface area contributed by atoms with Gasteiger partial charge in [0.2, 0.25) is 5.91 Å². The number of hydrogen-bond acceptors (Lipinski definition) is 4. The smallest absolute Gasteiger partial charge is 0.239 e. The van der Waals surface area contributed by atoms with E-state index in [1.165, 1.54) is 13.2 Å². The van der Waals surface area contributed by atoms with Crippen LogP contribution in [0.5, 0.6) is 0 Å². The molecule has 0 radical (unpaired) electrons. The molecule has 0 aliphatic carbocycles. The van der Waals surface area contributed by atoms with Crippen LogP contribution in [0.25, 0.3) is 0 Å². The molecule has 3 unspecified atom stereocenters. The van der Waals surface area contributed by atoms with Gasteiger partial charge >= 0.3 is 0 Å². The lowest BCUT2D eigenvalue weighted by atomic mass is 9.93. The van der Waals surface area contributed by atoms with Gasteiger partial charge in [0, 0.05) is 19.7 Å². The van der Waals surface area contributed by atoms with Gasteiger partial charge in [-0.1, -0.05) is 17.7 Å². The number of carbonyl (C=O) groups excluding carboxylic acids is 1. The summed E-state index contributed by atoms with van der Waals surface area (Å²) >= 11 is 5.76. The number of halogens is 3. The van der Waals surface area contributed by atoms with E-state index in [0.29, 0.717) is 6.54 Å². The molecule has 1 fully saturated rings. The minimum Gasteiger partial charge on any atom is -0.383 e. The molecule has 1 saturated heterocycles. The van der Waals surface area contributed by atoms with Gasteiger partial charge in [0.25, 0.3) is 0 Å². The van der Waals surface area contributed by atoms with Crippen LogP contribution in [-0.4, -0.2) is 50.7 Å². The molecular weight excluding hydrogens is 356 g/mol. The van der Waals surface area contributed by atoms with Gasteiger partial charge in [-0.2, -0.15) is 0 Å². The standard InChI is InChI=1S/C16H23ClFN3O2.ClH/c1-21-6-5-11(8-20-16(22)14(19)9-23-2)15(21)10-3-4-12(17)13(18)7-10;/h3-4,7,11,14-15H,5-6,8-9,19H2,1-2H3,(H,20,22);1H. The highest BCUT2D eigenvalue weighted by molar-refractivity contribution is 6.30. The van der Waals surface area contributed by atoms with Gasteiger partial charge in [0.1, 0.15) is 11.9 Å². The number of nitrogens with zero attached hydrogens (tertiary/aromatic N) is 1. The van der Waals surface area contributed by atoms with Crippen LogP contribution in [0.3, 0.4) is 0 Å². The van der Waals surface area contributed by atoms with Crippen molar-refractivity contribution in [2.75, 3.05) is 33.9 Å². The molecule has 0 bridgehead atoms. The summed E-state index contributed by atoms with van der Waals surface area (Å²) in [5.74, 6) is -0.462. The minimum absolute atomic E-state index is 0. The summed E-state index contributed by atoms with van der Waals surface area (Å²) in [5.41, 5.74) is 6.58. The number of likely N-dealkylation sites (tertiary alicyclic amines) is 1. The third-order valence-electron chi connectivity index (χ3n) is 4.28. The van der Waals surface area contributed by atoms with E-state index in [9.17, 15) is 9.18 Å². The lowest BCUT2D eigenvalue weighted by Gasteiger charge is -2.26. The first kappa shape index (κ1) is 21.1. The topological polar surface area (TPSA) is 67.6 Å². The number of methoxy groups -OCH3 is 1. The number of carbonyl (C=O) groups is 1. The molecular formula is C16H24Cl2FN3O2. The number of nitrogens with one attached hydrogen (secondary N) is 1. The maximum absolute atomic E-state index is 13.7. The van der Waals surface area contributed by atoms with Crippen molar-refractivity contribution in [1.29, 1.82) is 0 Å². The van der Waals surface area contributed by atoms with Crippen molar-refractivity contribution >= 4 is 29.9 Å². The Morgan fingerprint density at radius 3 is 2.92 bits per heavy atom. The minimum atomic E-state index is -0.675. The van der Waals surface area contributed by atoms with Crippen molar-refractivity contribution in [3.8, 4) is 0 Å². The Kier molecular flexibility index (Phi) is 8.39. The van der Waals surface area contributed by atoms with E-state index in [1.807, 2.05) is 13.1 Å². The fourth-order valence-corrected chi connectivity index (χ4v) is 3.20. The van der Waals surface area contributed by atoms with Crippen molar-refractivity contribution in [3.05, 3.63) is 34.6 Å². The van der Waals surface area contributed by atoms with E-state index < -0.39 is 11.9 Å². The number of ether oxygens (including phenoxy) is 1. The molecule has 1 aliphatic heterocycles. The summed E-state index contributed by atoms with van der Waals surface area (Å²) in [6.45, 7) is 1.57. The van der Waals surface area contributed by atoms with Crippen molar-refractivity contribution < 1.29 is 13.9 Å². The van der Waals surface area contributed by atoms with Crippen molar-refractivity contribution in [2.45, 2.75) is 18.5 Å². The highest BCUT2D eigenvalue weighted by Gasteiger charge is 2.33. The molecule has 1 heterocycles. The van der Waals surface area contributed by atoms with Gasteiger partial charge < -0.3 is 15.8 Å². The molecule has 0 spiro atoms. The summed E-state index contributed by atoms with van der Waals surface area (Å²) in [6, 6.07) is 4.25. The summed E-state index contributed by atoms with van der Waals surface area (Å²) in [5, 5.41) is 2.98. The monoisotopic (exact) mass is 379 g/mol. The zero-order chi connectivity index (χ0) is 17.0. The molecule has 1 amide bonds. The number of nitrogens with two attached hydrogens (primary N) is 1. The molecule has 1 aromatic carbocycles.